The van der Waals surface area contributed by atoms with Gasteiger partial charge in [-0.25, -0.2) is 0 Å². The van der Waals surface area contributed by atoms with E-state index < -0.39 is 0 Å². The minimum absolute atomic E-state index is 0.00294. The molecule has 0 spiro atoms. The Morgan fingerprint density at radius 1 is 1.23 bits per heavy atom. The van der Waals surface area contributed by atoms with E-state index in [1.165, 1.54) is 0 Å². The predicted molar refractivity (Wildman–Crippen MR) is 85.0 cm³/mol. The fourth-order valence-corrected chi connectivity index (χ4v) is 2.90. The van der Waals surface area contributed by atoms with E-state index in [1.807, 2.05) is 36.2 Å². The molecule has 0 saturated carbocycles. The molecule has 5 heteroatoms. The first-order valence-corrected chi connectivity index (χ1v) is 7.42. The van der Waals surface area contributed by atoms with Crippen molar-refractivity contribution in [2.75, 3.05) is 33.3 Å². The zero-order chi connectivity index (χ0) is 15.7. The van der Waals surface area contributed by atoms with Crippen LogP contribution >= 0.6 is 0 Å². The van der Waals surface area contributed by atoms with Gasteiger partial charge in [-0.2, -0.15) is 0 Å². The highest BCUT2D eigenvalue weighted by Crippen LogP contribution is 2.26. The van der Waals surface area contributed by atoms with E-state index in [2.05, 4.69) is 0 Å². The molecule has 1 amide bonds. The zero-order valence-corrected chi connectivity index (χ0v) is 12.6. The molecule has 1 aliphatic heterocycles. The summed E-state index contributed by atoms with van der Waals surface area (Å²) >= 11 is 0. The summed E-state index contributed by atoms with van der Waals surface area (Å²) in [5, 5.41) is 21.4. The van der Waals surface area contributed by atoms with Gasteiger partial charge in [0.2, 0.25) is 0 Å². The molecule has 1 atom stereocenters. The molecule has 1 heterocycles. The number of likely N-dealkylation sites (N-methyl/N-ethyl adjacent to an activating group) is 1. The van der Waals surface area contributed by atoms with Crippen LogP contribution in [0.5, 0.6) is 5.75 Å². The van der Waals surface area contributed by atoms with Crippen LogP contribution in [0.25, 0.3) is 10.8 Å². The second-order valence-corrected chi connectivity index (χ2v) is 5.78. The Labute approximate surface area is 129 Å². The van der Waals surface area contributed by atoms with Gasteiger partial charge in [0, 0.05) is 19.6 Å². The first kappa shape index (κ1) is 14.8. The number of phenolic OH excluding ortho intramolecular Hbond substituents is 1. The number of benzene rings is 2. The van der Waals surface area contributed by atoms with E-state index in [0.717, 1.165) is 10.8 Å². The number of aliphatic hydroxyl groups excluding tert-OH is 1. The highest BCUT2D eigenvalue weighted by Gasteiger charge is 2.28. The average molecular weight is 300 g/mol. The van der Waals surface area contributed by atoms with E-state index in [9.17, 15) is 15.0 Å². The monoisotopic (exact) mass is 300 g/mol. The molecule has 116 valence electrons. The summed E-state index contributed by atoms with van der Waals surface area (Å²) in [7, 11) is 1.94. The van der Waals surface area contributed by atoms with E-state index in [4.69, 9.17) is 0 Å². The van der Waals surface area contributed by atoms with Gasteiger partial charge in [0.25, 0.3) is 5.91 Å². The molecular weight excluding hydrogens is 280 g/mol. The highest BCUT2D eigenvalue weighted by molar-refractivity contribution is 6.01. The van der Waals surface area contributed by atoms with Gasteiger partial charge in [0.05, 0.1) is 18.2 Å². The second kappa shape index (κ2) is 5.94. The van der Waals surface area contributed by atoms with Crippen LogP contribution in [0.15, 0.2) is 36.4 Å². The Kier molecular flexibility index (Phi) is 4.00. The average Bonchev–Trinajstić information content (AvgIpc) is 2.54. The van der Waals surface area contributed by atoms with Crippen molar-refractivity contribution in [3.05, 3.63) is 42.0 Å². The lowest BCUT2D eigenvalue weighted by molar-refractivity contribution is 0.0419. The predicted octanol–water partition coefficient (Wildman–Crippen LogP) is 1.29. The van der Waals surface area contributed by atoms with Gasteiger partial charge in [-0.05, 0) is 30.0 Å². The number of amides is 1. The van der Waals surface area contributed by atoms with Gasteiger partial charge in [0.15, 0.2) is 0 Å². The van der Waals surface area contributed by atoms with Gasteiger partial charge < -0.3 is 15.1 Å². The fraction of sp³-hybridized carbons (Fsp3) is 0.353. The second-order valence-electron chi connectivity index (χ2n) is 5.78. The maximum atomic E-state index is 12.7. The van der Waals surface area contributed by atoms with Crippen LogP contribution in [-0.2, 0) is 0 Å². The summed E-state index contributed by atoms with van der Waals surface area (Å²) in [5.74, 6) is -0.182. The van der Waals surface area contributed by atoms with E-state index in [0.29, 0.717) is 25.2 Å². The van der Waals surface area contributed by atoms with E-state index >= 15 is 0 Å². The van der Waals surface area contributed by atoms with Crippen molar-refractivity contribution < 1.29 is 15.0 Å². The Balaban J connectivity index is 1.90. The summed E-state index contributed by atoms with van der Waals surface area (Å²) in [6.45, 7) is 1.80. The Morgan fingerprint density at radius 3 is 2.59 bits per heavy atom. The maximum Gasteiger partial charge on any atom is 0.257 e. The van der Waals surface area contributed by atoms with Crippen LogP contribution in [0, 0.1) is 0 Å². The van der Waals surface area contributed by atoms with E-state index in [-0.39, 0.29) is 24.3 Å². The maximum absolute atomic E-state index is 12.7. The molecule has 1 aliphatic rings. The van der Waals surface area contributed by atoms with Gasteiger partial charge in [-0.3, -0.25) is 9.69 Å². The first-order valence-electron chi connectivity index (χ1n) is 7.42. The Hall–Kier alpha value is -2.11. The smallest absolute Gasteiger partial charge is 0.257 e. The van der Waals surface area contributed by atoms with Gasteiger partial charge >= 0.3 is 0 Å². The van der Waals surface area contributed by atoms with Crippen molar-refractivity contribution in [3.8, 4) is 5.75 Å². The largest absolute Gasteiger partial charge is 0.507 e. The number of rotatable bonds is 2. The van der Waals surface area contributed by atoms with Crippen LogP contribution in [0.1, 0.15) is 10.4 Å². The van der Waals surface area contributed by atoms with Gasteiger partial charge in [0.1, 0.15) is 5.75 Å². The van der Waals surface area contributed by atoms with Crippen molar-refractivity contribution >= 4 is 16.7 Å². The molecule has 2 N–H and O–H groups in total. The molecule has 2 aromatic carbocycles. The molecule has 0 aromatic heterocycles. The number of piperazine rings is 1. The molecule has 0 radical (unpaired) electrons. The summed E-state index contributed by atoms with van der Waals surface area (Å²) in [6.07, 6.45) is 0. The minimum Gasteiger partial charge on any atom is -0.507 e. The number of aromatic hydroxyl groups is 1. The molecule has 1 saturated heterocycles. The molecule has 3 rings (SSSR count). The summed E-state index contributed by atoms with van der Waals surface area (Å²) < 4.78 is 0. The molecule has 5 nitrogen and oxygen atoms in total. The number of nitrogens with zero attached hydrogens (tertiary/aromatic N) is 2. The van der Waals surface area contributed by atoms with Gasteiger partial charge in [-0.15, -0.1) is 0 Å². The van der Waals surface area contributed by atoms with Crippen LogP contribution < -0.4 is 0 Å². The van der Waals surface area contributed by atoms with Crippen LogP contribution in [-0.4, -0.2) is 65.3 Å². The van der Waals surface area contributed by atoms with Crippen molar-refractivity contribution in [3.63, 3.8) is 0 Å². The molecule has 2 aromatic rings. The number of carbonyl (C=O) groups excluding carboxylic acids is 1. The lowest BCUT2D eigenvalue weighted by Crippen LogP contribution is -2.54. The van der Waals surface area contributed by atoms with E-state index in [1.54, 1.807) is 17.0 Å². The Bertz CT molecular complexity index is 701. The summed E-state index contributed by atoms with van der Waals surface area (Å²) in [6, 6.07) is 10.9. The molecule has 0 unspecified atom stereocenters. The van der Waals surface area contributed by atoms with Crippen molar-refractivity contribution in [2.45, 2.75) is 6.04 Å². The quantitative estimate of drug-likeness (QED) is 0.877. The highest BCUT2D eigenvalue weighted by atomic mass is 16.3. The lowest BCUT2D eigenvalue weighted by atomic mass is 10.0. The third-order valence-electron chi connectivity index (χ3n) is 4.37. The summed E-state index contributed by atoms with van der Waals surface area (Å²) in [5.41, 5.74) is 0.319. The third-order valence-corrected chi connectivity index (χ3v) is 4.37. The van der Waals surface area contributed by atoms with Crippen LogP contribution in [0.3, 0.4) is 0 Å². The molecule has 0 bridgehead atoms. The number of aliphatic hydroxyl groups is 1. The standard InChI is InChI=1S/C17H20N2O3/c1-18-6-7-19(10-14(18)11-20)17(22)15-8-12-4-2-3-5-13(12)9-16(15)21/h2-5,8-9,14,20-21H,6-7,10-11H2,1H3/t14-/m1/s1. The zero-order valence-electron chi connectivity index (χ0n) is 12.6. The molecule has 1 fully saturated rings. The lowest BCUT2D eigenvalue weighted by Gasteiger charge is -2.38. The summed E-state index contributed by atoms with van der Waals surface area (Å²) in [4.78, 5) is 16.4. The first-order chi connectivity index (χ1) is 10.6. The number of fused-ring (bicyclic) bond motifs is 1. The number of phenols is 1. The molecular formula is C17H20N2O3. The van der Waals surface area contributed by atoms with Crippen LogP contribution in [0.2, 0.25) is 0 Å². The number of carbonyl (C=O) groups is 1. The SMILES string of the molecule is CN1CCN(C(=O)c2cc3ccccc3cc2O)C[C@@H]1CO. The van der Waals surface area contributed by atoms with Crippen molar-refractivity contribution in [1.82, 2.24) is 9.80 Å². The van der Waals surface area contributed by atoms with Crippen molar-refractivity contribution in [2.24, 2.45) is 0 Å². The third kappa shape index (κ3) is 2.65. The molecule has 0 aliphatic carbocycles. The fourth-order valence-electron chi connectivity index (χ4n) is 2.90. The van der Waals surface area contributed by atoms with Crippen LogP contribution in [0.4, 0.5) is 0 Å². The van der Waals surface area contributed by atoms with Gasteiger partial charge in [-0.1, -0.05) is 24.3 Å². The number of hydrogen-bond donors (Lipinski definition) is 2. The van der Waals surface area contributed by atoms with Crippen molar-refractivity contribution in [1.29, 1.82) is 0 Å². The minimum atomic E-state index is -0.185. The molecule has 22 heavy (non-hydrogen) atoms. The topological polar surface area (TPSA) is 64.0 Å². The Morgan fingerprint density at radius 2 is 1.91 bits per heavy atom. The number of hydrogen-bond acceptors (Lipinski definition) is 4. The normalized spacial score (nSPS) is 19.5.